The quantitative estimate of drug-likeness (QED) is 0.292. The molecule has 0 aliphatic carbocycles. The minimum absolute atomic E-state index is 0. The molecule has 0 aliphatic heterocycles. The summed E-state index contributed by atoms with van der Waals surface area (Å²) < 4.78 is 48.8. The molecule has 0 saturated carbocycles. The predicted octanol–water partition coefficient (Wildman–Crippen LogP) is 4.44. The van der Waals surface area contributed by atoms with Gasteiger partial charge in [0.15, 0.2) is 23.2 Å². The first kappa shape index (κ1) is 25.3. The van der Waals surface area contributed by atoms with Crippen LogP contribution in [0.15, 0.2) is 28.6 Å². The smallest absolute Gasteiger partial charge is 0.434 e. The number of ether oxygens (including phenoxy) is 2. The number of benzene rings is 1. The Kier molecular flexibility index (Phi) is 10.5. The monoisotopic (exact) mass is 544 g/mol. The molecule has 1 heterocycles. The van der Waals surface area contributed by atoms with Gasteiger partial charge >= 0.3 is 6.18 Å². The summed E-state index contributed by atoms with van der Waals surface area (Å²) in [5.41, 5.74) is 0.0620. The van der Waals surface area contributed by atoms with Crippen LogP contribution in [0.4, 0.5) is 13.2 Å². The van der Waals surface area contributed by atoms with Crippen LogP contribution >= 0.6 is 35.3 Å². The van der Waals surface area contributed by atoms with Crippen molar-refractivity contribution in [1.82, 2.24) is 15.6 Å². The third-order valence-corrected chi connectivity index (χ3v) is 4.47. The lowest BCUT2D eigenvalue weighted by molar-refractivity contribution is -0.140. The van der Waals surface area contributed by atoms with Crippen molar-refractivity contribution in [2.24, 2.45) is 4.99 Å². The maximum atomic E-state index is 12.6. The average Bonchev–Trinajstić information content (AvgIpc) is 3.16. The highest BCUT2D eigenvalue weighted by atomic mass is 127. The Morgan fingerprint density at radius 3 is 2.52 bits per heavy atom. The Hall–Kier alpha value is -1.76. The molecule has 2 rings (SSSR count). The largest absolute Gasteiger partial charge is 0.493 e. The first-order valence-corrected chi connectivity index (χ1v) is 9.51. The average molecular weight is 544 g/mol. The normalized spacial score (nSPS) is 11.6. The fourth-order valence-corrected chi connectivity index (χ4v) is 2.98. The molecule has 0 bridgehead atoms. The summed E-state index contributed by atoms with van der Waals surface area (Å²) in [5, 5.41) is 7.39. The topological polar surface area (TPSA) is 67.8 Å². The molecule has 0 fully saturated rings. The van der Waals surface area contributed by atoms with E-state index in [1.54, 1.807) is 14.2 Å². The van der Waals surface area contributed by atoms with Crippen LogP contribution in [0.5, 0.6) is 11.5 Å². The minimum Gasteiger partial charge on any atom is -0.493 e. The van der Waals surface area contributed by atoms with Crippen LogP contribution in [0, 0.1) is 0 Å². The lowest BCUT2D eigenvalue weighted by atomic mass is 10.2. The second-order valence-corrected chi connectivity index (χ2v) is 6.68. The molecule has 162 valence electrons. The summed E-state index contributed by atoms with van der Waals surface area (Å²) in [4.78, 5) is 7.65. The third-order valence-electron chi connectivity index (χ3n) is 3.62. The van der Waals surface area contributed by atoms with Crippen LogP contribution in [0.3, 0.4) is 0 Å². The van der Waals surface area contributed by atoms with Crippen molar-refractivity contribution in [3.63, 3.8) is 0 Å². The Balaban J connectivity index is 0.00000420. The van der Waals surface area contributed by atoms with E-state index in [0.717, 1.165) is 28.7 Å². The number of nitrogens with zero attached hydrogens (tertiary/aromatic N) is 2. The number of thiazole rings is 1. The van der Waals surface area contributed by atoms with Crippen molar-refractivity contribution in [2.75, 3.05) is 20.8 Å². The number of hydrogen-bond donors (Lipinski definition) is 2. The summed E-state index contributed by atoms with van der Waals surface area (Å²) in [7, 11) is 3.16. The summed E-state index contributed by atoms with van der Waals surface area (Å²) in [6.45, 7) is 3.24. The van der Waals surface area contributed by atoms with Gasteiger partial charge in [0.1, 0.15) is 5.01 Å². The van der Waals surface area contributed by atoms with Gasteiger partial charge in [-0.15, -0.1) is 35.3 Å². The van der Waals surface area contributed by atoms with Crippen molar-refractivity contribution in [3.05, 3.63) is 39.8 Å². The summed E-state index contributed by atoms with van der Waals surface area (Å²) in [6, 6.07) is 5.61. The van der Waals surface area contributed by atoms with E-state index < -0.39 is 11.9 Å². The number of hydrogen-bond acceptors (Lipinski definition) is 5. The number of nitrogens with one attached hydrogen (secondary N) is 2. The van der Waals surface area contributed by atoms with Gasteiger partial charge in [0.05, 0.1) is 20.3 Å². The van der Waals surface area contributed by atoms with E-state index in [-0.39, 0.29) is 30.5 Å². The number of rotatable bonds is 8. The number of aromatic nitrogens is 1. The first-order valence-electron chi connectivity index (χ1n) is 8.63. The Labute approximate surface area is 188 Å². The van der Waals surface area contributed by atoms with Gasteiger partial charge in [0.25, 0.3) is 0 Å². The van der Waals surface area contributed by atoms with Crippen LogP contribution in [0.25, 0.3) is 0 Å². The van der Waals surface area contributed by atoms with Crippen LogP contribution in [-0.4, -0.2) is 31.7 Å². The number of guanidine groups is 1. The molecular weight excluding hydrogens is 520 g/mol. The van der Waals surface area contributed by atoms with E-state index in [4.69, 9.17) is 9.47 Å². The second-order valence-electron chi connectivity index (χ2n) is 5.74. The van der Waals surface area contributed by atoms with E-state index in [0.29, 0.717) is 35.6 Å². The molecule has 1 aromatic heterocycles. The van der Waals surface area contributed by atoms with Crippen molar-refractivity contribution >= 4 is 41.3 Å². The van der Waals surface area contributed by atoms with E-state index in [1.807, 2.05) is 25.1 Å². The summed E-state index contributed by atoms with van der Waals surface area (Å²) >= 11 is 0.949. The lowest BCUT2D eigenvalue weighted by Gasteiger charge is -2.14. The van der Waals surface area contributed by atoms with Gasteiger partial charge in [0, 0.05) is 19.0 Å². The molecule has 0 spiro atoms. The Bertz CT molecular complexity index is 800. The molecule has 1 aromatic carbocycles. The van der Waals surface area contributed by atoms with E-state index in [9.17, 15) is 13.2 Å². The molecule has 11 heteroatoms. The van der Waals surface area contributed by atoms with Crippen molar-refractivity contribution in [2.45, 2.75) is 32.6 Å². The minimum atomic E-state index is -4.43. The van der Waals surface area contributed by atoms with Gasteiger partial charge in [-0.1, -0.05) is 13.0 Å². The van der Waals surface area contributed by atoms with Crippen LogP contribution < -0.4 is 20.1 Å². The van der Waals surface area contributed by atoms with Gasteiger partial charge in [-0.05, 0) is 24.1 Å². The fourth-order valence-electron chi connectivity index (χ4n) is 2.24. The number of halogens is 4. The van der Waals surface area contributed by atoms with Crippen molar-refractivity contribution < 1.29 is 22.6 Å². The van der Waals surface area contributed by atoms with Crippen LogP contribution in [0.1, 0.15) is 29.6 Å². The molecule has 0 amide bonds. The highest BCUT2D eigenvalue weighted by Crippen LogP contribution is 2.30. The molecule has 0 atom stereocenters. The fraction of sp³-hybridized carbons (Fsp3) is 0.444. The molecule has 29 heavy (non-hydrogen) atoms. The zero-order valence-electron chi connectivity index (χ0n) is 16.3. The molecule has 2 aromatic rings. The second kappa shape index (κ2) is 12.1. The standard InChI is InChI=1S/C18H23F3N4O2S.HI/c1-4-7-27-13-6-5-12(8-14(13)26-3)9-23-17(22-2)24-10-16-25-15(11-28-16)18(19,20)21;/h5-6,8,11H,4,7,9-10H2,1-3H3,(H2,22,23,24);1H. The summed E-state index contributed by atoms with van der Waals surface area (Å²) in [6.07, 6.45) is -3.53. The Morgan fingerprint density at radius 1 is 1.21 bits per heavy atom. The molecule has 0 saturated heterocycles. The zero-order valence-corrected chi connectivity index (χ0v) is 19.4. The predicted molar refractivity (Wildman–Crippen MR) is 118 cm³/mol. The van der Waals surface area contributed by atoms with E-state index in [1.165, 1.54) is 0 Å². The van der Waals surface area contributed by atoms with Crippen molar-refractivity contribution in [1.29, 1.82) is 0 Å². The molecule has 0 unspecified atom stereocenters. The number of methoxy groups -OCH3 is 1. The lowest BCUT2D eigenvalue weighted by Crippen LogP contribution is -2.36. The highest BCUT2D eigenvalue weighted by Gasteiger charge is 2.33. The third kappa shape index (κ3) is 7.88. The number of aliphatic imine (C=N–C) groups is 1. The van der Waals surface area contributed by atoms with Gasteiger partial charge in [0.2, 0.25) is 0 Å². The first-order chi connectivity index (χ1) is 13.4. The maximum absolute atomic E-state index is 12.6. The molecule has 6 nitrogen and oxygen atoms in total. The van der Waals surface area contributed by atoms with Crippen LogP contribution in [0.2, 0.25) is 0 Å². The Morgan fingerprint density at radius 2 is 1.93 bits per heavy atom. The van der Waals surface area contributed by atoms with Gasteiger partial charge in [-0.25, -0.2) is 4.98 Å². The van der Waals surface area contributed by atoms with Crippen LogP contribution in [-0.2, 0) is 19.3 Å². The van der Waals surface area contributed by atoms with Gasteiger partial charge in [-0.3, -0.25) is 4.99 Å². The maximum Gasteiger partial charge on any atom is 0.434 e. The van der Waals surface area contributed by atoms with Crippen molar-refractivity contribution in [3.8, 4) is 11.5 Å². The highest BCUT2D eigenvalue weighted by molar-refractivity contribution is 14.0. The van der Waals surface area contributed by atoms with E-state index >= 15 is 0 Å². The van der Waals surface area contributed by atoms with E-state index in [2.05, 4.69) is 20.6 Å². The molecular formula is C18H24F3IN4O2S. The van der Waals surface area contributed by atoms with Gasteiger partial charge in [-0.2, -0.15) is 13.2 Å². The summed E-state index contributed by atoms with van der Waals surface area (Å²) in [5.74, 6) is 1.77. The SMILES string of the molecule is CCCOc1ccc(CNC(=NC)NCc2nc(C(F)(F)F)cs2)cc1OC.I. The molecule has 2 N–H and O–H groups in total. The molecule has 0 radical (unpaired) electrons. The molecule has 0 aliphatic rings. The zero-order chi connectivity index (χ0) is 20.6. The number of alkyl halides is 3. The van der Waals surface area contributed by atoms with Gasteiger partial charge < -0.3 is 20.1 Å².